The highest BCUT2D eigenvalue weighted by Crippen LogP contribution is 2.31. The minimum absolute atomic E-state index is 0.143. The molecule has 1 aliphatic rings. The molecule has 4 heterocycles. The van der Waals surface area contributed by atoms with Crippen LogP contribution in [0.3, 0.4) is 0 Å². The predicted octanol–water partition coefficient (Wildman–Crippen LogP) is 2.53. The third kappa shape index (κ3) is 6.52. The first-order valence-corrected chi connectivity index (χ1v) is 12.7. The molecule has 10 heteroatoms. The molecule has 0 bridgehead atoms. The topological polar surface area (TPSA) is 127 Å². The Bertz CT molecular complexity index is 1420. The fraction of sp³-hybridized carbons (Fsp3) is 0.310. The Morgan fingerprint density at radius 1 is 1.10 bits per heavy atom. The van der Waals surface area contributed by atoms with E-state index in [1.54, 1.807) is 23.8 Å². The van der Waals surface area contributed by atoms with Crippen LogP contribution >= 0.6 is 0 Å². The van der Waals surface area contributed by atoms with Crippen molar-refractivity contribution < 1.29 is 19.7 Å². The standard InChI is InChI=1S/C28H28N6O3.CH4O/c1-20(35)19-37-24-14-25(28-23(15-29)17-31-34(28)18-24)22-7-8-26(30-16-22)32-9-11-33(12-10-32)27(36)13-21-5-3-2-4-6-21;1-2/h2-8,14,16-18,20,35H,9-13,19H2,1H3;2H,1H3. The maximum Gasteiger partial charge on any atom is 0.227 e. The van der Waals surface area contributed by atoms with Gasteiger partial charge in [0.2, 0.25) is 5.91 Å². The Hall–Kier alpha value is -4.46. The number of rotatable bonds is 7. The number of amides is 1. The lowest BCUT2D eigenvalue weighted by Crippen LogP contribution is -2.49. The first kappa shape index (κ1) is 27.6. The minimum atomic E-state index is -0.610. The molecule has 1 aromatic carbocycles. The van der Waals surface area contributed by atoms with Crippen LogP contribution in [0, 0.1) is 11.3 Å². The number of pyridine rings is 2. The van der Waals surface area contributed by atoms with Crippen LogP contribution in [0.1, 0.15) is 18.1 Å². The third-order valence-corrected chi connectivity index (χ3v) is 6.41. The number of benzene rings is 1. The summed E-state index contributed by atoms with van der Waals surface area (Å²) in [6.45, 7) is 4.53. The summed E-state index contributed by atoms with van der Waals surface area (Å²) in [5, 5.41) is 30.5. The van der Waals surface area contributed by atoms with Crippen molar-refractivity contribution in [2.24, 2.45) is 0 Å². The van der Waals surface area contributed by atoms with Crippen molar-refractivity contribution in [1.29, 1.82) is 5.26 Å². The molecule has 1 aliphatic heterocycles. The van der Waals surface area contributed by atoms with Crippen molar-refractivity contribution in [2.75, 3.05) is 44.8 Å². The summed E-state index contributed by atoms with van der Waals surface area (Å²) in [7, 11) is 1.00. The first-order chi connectivity index (χ1) is 19.0. The van der Waals surface area contributed by atoms with E-state index in [-0.39, 0.29) is 12.5 Å². The second-order valence-corrected chi connectivity index (χ2v) is 9.15. The predicted molar refractivity (Wildman–Crippen MR) is 147 cm³/mol. The molecular formula is C29H32N6O4. The van der Waals surface area contributed by atoms with E-state index in [0.717, 1.165) is 29.6 Å². The van der Waals surface area contributed by atoms with Crippen molar-refractivity contribution in [2.45, 2.75) is 19.4 Å². The summed E-state index contributed by atoms with van der Waals surface area (Å²) in [5.41, 5.74) is 3.75. The number of aromatic nitrogens is 3. The van der Waals surface area contributed by atoms with E-state index in [0.29, 0.717) is 49.4 Å². The Morgan fingerprint density at radius 2 is 1.85 bits per heavy atom. The van der Waals surface area contributed by atoms with Gasteiger partial charge in [-0.3, -0.25) is 4.79 Å². The number of ether oxygens (including phenoxy) is 1. The average molecular weight is 529 g/mol. The maximum absolute atomic E-state index is 12.7. The van der Waals surface area contributed by atoms with Gasteiger partial charge in [-0.1, -0.05) is 30.3 Å². The Balaban J connectivity index is 0.00000172. The number of carbonyl (C=O) groups is 1. The number of hydrogen-bond donors (Lipinski definition) is 2. The van der Waals surface area contributed by atoms with Crippen LogP contribution in [0.4, 0.5) is 5.82 Å². The van der Waals surface area contributed by atoms with E-state index >= 15 is 0 Å². The van der Waals surface area contributed by atoms with E-state index in [4.69, 9.17) is 14.8 Å². The van der Waals surface area contributed by atoms with Gasteiger partial charge in [0.1, 0.15) is 24.2 Å². The number of hydrogen-bond acceptors (Lipinski definition) is 8. The van der Waals surface area contributed by atoms with Crippen molar-refractivity contribution >= 4 is 17.2 Å². The number of fused-ring (bicyclic) bond motifs is 1. The smallest absolute Gasteiger partial charge is 0.227 e. The fourth-order valence-corrected chi connectivity index (χ4v) is 4.49. The molecule has 3 aromatic heterocycles. The van der Waals surface area contributed by atoms with Crippen LogP contribution in [-0.2, 0) is 11.2 Å². The summed E-state index contributed by atoms with van der Waals surface area (Å²) in [4.78, 5) is 21.5. The molecule has 1 atom stereocenters. The summed E-state index contributed by atoms with van der Waals surface area (Å²) in [6, 6.07) is 17.8. The molecule has 10 nitrogen and oxygen atoms in total. The second-order valence-electron chi connectivity index (χ2n) is 9.15. The molecule has 4 aromatic rings. The molecule has 1 saturated heterocycles. The Kier molecular flexibility index (Phi) is 9.10. The lowest BCUT2D eigenvalue weighted by atomic mass is 10.1. The monoisotopic (exact) mass is 528 g/mol. The molecule has 1 unspecified atom stereocenters. The van der Waals surface area contributed by atoms with Gasteiger partial charge in [-0.2, -0.15) is 10.4 Å². The molecule has 2 N–H and O–H groups in total. The van der Waals surface area contributed by atoms with Crippen LogP contribution in [0.25, 0.3) is 16.6 Å². The molecule has 1 fully saturated rings. The number of piperazine rings is 1. The van der Waals surface area contributed by atoms with Crippen molar-refractivity contribution in [3.05, 3.63) is 78.2 Å². The second kappa shape index (κ2) is 12.9. The first-order valence-electron chi connectivity index (χ1n) is 12.7. The number of anilines is 1. The fourth-order valence-electron chi connectivity index (χ4n) is 4.49. The van der Waals surface area contributed by atoms with E-state index in [9.17, 15) is 15.2 Å². The zero-order chi connectivity index (χ0) is 27.8. The largest absolute Gasteiger partial charge is 0.489 e. The summed E-state index contributed by atoms with van der Waals surface area (Å²) in [5.74, 6) is 1.52. The van der Waals surface area contributed by atoms with Gasteiger partial charge in [-0.15, -0.1) is 0 Å². The third-order valence-electron chi connectivity index (χ3n) is 6.41. The highest BCUT2D eigenvalue weighted by molar-refractivity contribution is 5.85. The maximum atomic E-state index is 12.7. The normalized spacial score (nSPS) is 13.8. The van der Waals surface area contributed by atoms with Gasteiger partial charge in [0, 0.05) is 50.6 Å². The Morgan fingerprint density at radius 3 is 2.49 bits per heavy atom. The molecule has 5 rings (SSSR count). The molecule has 202 valence electrons. The highest BCUT2D eigenvalue weighted by Gasteiger charge is 2.22. The number of carbonyl (C=O) groups excluding carboxylic acids is 1. The average Bonchev–Trinajstić information content (AvgIpc) is 3.40. The van der Waals surface area contributed by atoms with Gasteiger partial charge >= 0.3 is 0 Å². The van der Waals surface area contributed by atoms with Crippen molar-refractivity contribution in [1.82, 2.24) is 19.5 Å². The molecular weight excluding hydrogens is 496 g/mol. The molecule has 39 heavy (non-hydrogen) atoms. The number of aliphatic hydroxyl groups is 2. The van der Waals surface area contributed by atoms with Crippen molar-refractivity contribution in [3.8, 4) is 22.9 Å². The van der Waals surface area contributed by atoms with Gasteiger partial charge in [0.05, 0.1) is 36.0 Å². The number of nitriles is 1. The zero-order valence-electron chi connectivity index (χ0n) is 22.1. The molecule has 1 amide bonds. The molecule has 0 radical (unpaired) electrons. The molecule has 0 aliphatic carbocycles. The van der Waals surface area contributed by atoms with Crippen LogP contribution in [-0.4, -0.2) is 81.6 Å². The summed E-state index contributed by atoms with van der Waals surface area (Å²) >= 11 is 0. The number of nitrogens with zero attached hydrogens (tertiary/aromatic N) is 6. The van der Waals surface area contributed by atoms with E-state index in [2.05, 4.69) is 16.1 Å². The van der Waals surface area contributed by atoms with E-state index in [1.165, 1.54) is 6.20 Å². The van der Waals surface area contributed by atoms with Crippen LogP contribution in [0.2, 0.25) is 0 Å². The van der Waals surface area contributed by atoms with Gasteiger partial charge in [0.25, 0.3) is 0 Å². The van der Waals surface area contributed by atoms with Gasteiger partial charge in [-0.25, -0.2) is 9.50 Å². The molecule has 0 spiro atoms. The van der Waals surface area contributed by atoms with Gasteiger partial charge < -0.3 is 24.7 Å². The van der Waals surface area contributed by atoms with Crippen LogP contribution in [0.5, 0.6) is 5.75 Å². The lowest BCUT2D eigenvalue weighted by Gasteiger charge is -2.35. The van der Waals surface area contributed by atoms with Crippen molar-refractivity contribution in [3.63, 3.8) is 0 Å². The highest BCUT2D eigenvalue weighted by atomic mass is 16.5. The molecule has 0 saturated carbocycles. The summed E-state index contributed by atoms with van der Waals surface area (Å²) < 4.78 is 7.33. The van der Waals surface area contributed by atoms with E-state index in [1.807, 2.05) is 53.4 Å². The van der Waals surface area contributed by atoms with Gasteiger partial charge in [0.15, 0.2) is 0 Å². The van der Waals surface area contributed by atoms with E-state index < -0.39 is 6.10 Å². The van der Waals surface area contributed by atoms with Crippen LogP contribution < -0.4 is 9.64 Å². The number of aliphatic hydroxyl groups excluding tert-OH is 2. The Labute approximate surface area is 227 Å². The quantitative estimate of drug-likeness (QED) is 0.375. The summed E-state index contributed by atoms with van der Waals surface area (Å²) in [6.07, 6.45) is 4.81. The lowest BCUT2D eigenvalue weighted by molar-refractivity contribution is -0.130. The van der Waals surface area contributed by atoms with Crippen LogP contribution in [0.15, 0.2) is 67.1 Å². The zero-order valence-corrected chi connectivity index (χ0v) is 22.1. The minimum Gasteiger partial charge on any atom is -0.489 e. The van der Waals surface area contributed by atoms with Gasteiger partial charge in [-0.05, 0) is 30.7 Å². The SMILES string of the molecule is CC(O)COc1cc(-c2ccc(N3CCN(C(=O)Cc4ccccc4)CC3)nc2)c2c(C#N)cnn2c1.CO.